The van der Waals surface area contributed by atoms with Crippen LogP contribution in [-0.4, -0.2) is 23.7 Å². The van der Waals surface area contributed by atoms with E-state index >= 15 is 0 Å². The molecule has 0 radical (unpaired) electrons. The highest BCUT2D eigenvalue weighted by Gasteiger charge is 2.26. The number of rotatable bonds is 5. The molecule has 1 aliphatic carbocycles. The number of hydrogen-bond donors (Lipinski definition) is 2. The molecule has 1 aromatic rings. The molecule has 3 nitrogen and oxygen atoms in total. The fraction of sp³-hybridized carbons (Fsp3) is 0.562. The van der Waals surface area contributed by atoms with Crippen molar-refractivity contribution in [1.29, 1.82) is 0 Å². The molecule has 1 fully saturated rings. The maximum absolute atomic E-state index is 12.3. The second-order valence-electron chi connectivity index (χ2n) is 5.85. The van der Waals surface area contributed by atoms with Gasteiger partial charge in [0.05, 0.1) is 11.2 Å². The van der Waals surface area contributed by atoms with Gasteiger partial charge in [0.15, 0.2) is 0 Å². The Morgan fingerprint density at radius 1 is 1.25 bits per heavy atom. The van der Waals surface area contributed by atoms with Gasteiger partial charge >= 0.3 is 0 Å². The highest BCUT2D eigenvalue weighted by atomic mass is 32.2. The zero-order valence-corrected chi connectivity index (χ0v) is 13.3. The second-order valence-corrected chi connectivity index (χ2v) is 7.19. The lowest BCUT2D eigenvalue weighted by Gasteiger charge is -2.24. The van der Waals surface area contributed by atoms with Crippen molar-refractivity contribution in [3.63, 3.8) is 0 Å². The summed E-state index contributed by atoms with van der Waals surface area (Å²) in [5, 5.41) is 6.79. The zero-order chi connectivity index (χ0) is 14.6. The Kier molecular flexibility index (Phi) is 5.11. The number of likely N-dealkylation sites (N-methyl/N-ethyl adjacent to an activating group) is 1. The monoisotopic (exact) mass is 292 g/mol. The van der Waals surface area contributed by atoms with E-state index in [2.05, 4.69) is 16.7 Å². The van der Waals surface area contributed by atoms with E-state index < -0.39 is 5.54 Å². The van der Waals surface area contributed by atoms with Gasteiger partial charge in [0.1, 0.15) is 0 Å². The van der Waals surface area contributed by atoms with Gasteiger partial charge in [-0.25, -0.2) is 0 Å². The average molecular weight is 292 g/mol. The van der Waals surface area contributed by atoms with E-state index in [1.54, 1.807) is 7.05 Å². The number of benzene rings is 1. The predicted molar refractivity (Wildman–Crippen MR) is 86.3 cm³/mol. The SMILES string of the molecule is CNC(C)(C)C(=O)Nc1ccccc1SC1CCCC1. The van der Waals surface area contributed by atoms with E-state index in [1.165, 1.54) is 30.6 Å². The van der Waals surface area contributed by atoms with Crippen molar-refractivity contribution in [2.24, 2.45) is 0 Å². The normalized spacial score (nSPS) is 16.4. The van der Waals surface area contributed by atoms with Gasteiger partial charge in [-0.15, -0.1) is 11.8 Å². The molecule has 20 heavy (non-hydrogen) atoms. The van der Waals surface area contributed by atoms with E-state index in [0.29, 0.717) is 5.25 Å². The van der Waals surface area contributed by atoms with Crippen molar-refractivity contribution in [1.82, 2.24) is 5.32 Å². The lowest BCUT2D eigenvalue weighted by Crippen LogP contribution is -2.47. The molecule has 0 heterocycles. The number of para-hydroxylation sites is 1. The molecule has 110 valence electrons. The molecule has 1 saturated carbocycles. The Morgan fingerprint density at radius 3 is 2.55 bits per heavy atom. The number of nitrogens with one attached hydrogen (secondary N) is 2. The highest BCUT2D eigenvalue weighted by Crippen LogP contribution is 2.38. The van der Waals surface area contributed by atoms with Crippen LogP contribution in [-0.2, 0) is 4.79 Å². The molecular weight excluding hydrogens is 268 g/mol. The Balaban J connectivity index is 2.09. The summed E-state index contributed by atoms with van der Waals surface area (Å²) in [4.78, 5) is 13.5. The van der Waals surface area contributed by atoms with Crippen LogP contribution < -0.4 is 10.6 Å². The minimum absolute atomic E-state index is 0.000489. The van der Waals surface area contributed by atoms with Crippen LogP contribution in [0.2, 0.25) is 0 Å². The van der Waals surface area contributed by atoms with Crippen LogP contribution in [0.3, 0.4) is 0 Å². The van der Waals surface area contributed by atoms with Gasteiger partial charge in [-0.1, -0.05) is 25.0 Å². The van der Waals surface area contributed by atoms with Gasteiger partial charge in [0, 0.05) is 10.1 Å². The van der Waals surface area contributed by atoms with Crippen LogP contribution in [0.15, 0.2) is 29.2 Å². The number of hydrogen-bond acceptors (Lipinski definition) is 3. The van der Waals surface area contributed by atoms with E-state index in [0.717, 1.165) is 5.69 Å². The van der Waals surface area contributed by atoms with E-state index in [4.69, 9.17) is 0 Å². The fourth-order valence-corrected chi connectivity index (χ4v) is 3.58. The van der Waals surface area contributed by atoms with E-state index in [1.807, 2.05) is 43.8 Å². The minimum atomic E-state index is -0.564. The largest absolute Gasteiger partial charge is 0.323 e. The van der Waals surface area contributed by atoms with Gasteiger partial charge in [0.2, 0.25) is 5.91 Å². The smallest absolute Gasteiger partial charge is 0.244 e. The first-order chi connectivity index (χ1) is 9.53. The standard InChI is InChI=1S/C16H24N2OS/c1-16(2,17-3)15(19)18-13-10-6-7-11-14(13)20-12-8-4-5-9-12/h6-7,10-12,17H,4-5,8-9H2,1-3H3,(H,18,19). The van der Waals surface area contributed by atoms with Crippen molar-refractivity contribution in [3.8, 4) is 0 Å². The average Bonchev–Trinajstić information content (AvgIpc) is 2.94. The summed E-state index contributed by atoms with van der Waals surface area (Å²) in [6.07, 6.45) is 5.24. The van der Waals surface area contributed by atoms with Crippen LogP contribution in [0, 0.1) is 0 Å². The molecule has 0 unspecified atom stereocenters. The first-order valence-corrected chi connectivity index (χ1v) is 8.17. The zero-order valence-electron chi connectivity index (χ0n) is 12.5. The van der Waals surface area contributed by atoms with Crippen LogP contribution in [0.1, 0.15) is 39.5 Å². The third-order valence-electron chi connectivity index (χ3n) is 3.92. The summed E-state index contributed by atoms with van der Waals surface area (Å²) in [6, 6.07) is 8.10. The molecular formula is C16H24N2OS. The van der Waals surface area contributed by atoms with Crippen LogP contribution in [0.4, 0.5) is 5.69 Å². The molecule has 0 spiro atoms. The van der Waals surface area contributed by atoms with Gasteiger partial charge < -0.3 is 10.6 Å². The van der Waals surface area contributed by atoms with Gasteiger partial charge in [-0.3, -0.25) is 4.79 Å². The van der Waals surface area contributed by atoms with Crippen molar-refractivity contribution < 1.29 is 4.79 Å². The van der Waals surface area contributed by atoms with Crippen LogP contribution in [0.25, 0.3) is 0 Å². The Hall–Kier alpha value is -1.00. The predicted octanol–water partition coefficient (Wildman–Crippen LogP) is 3.66. The molecule has 0 atom stereocenters. The molecule has 0 aliphatic heterocycles. The lowest BCUT2D eigenvalue weighted by molar-refractivity contribution is -0.121. The number of thioether (sulfide) groups is 1. The first-order valence-electron chi connectivity index (χ1n) is 7.29. The summed E-state index contributed by atoms with van der Waals surface area (Å²) < 4.78 is 0. The Morgan fingerprint density at radius 2 is 1.90 bits per heavy atom. The Bertz CT molecular complexity index is 467. The van der Waals surface area contributed by atoms with Gasteiger partial charge in [-0.05, 0) is 45.9 Å². The number of carbonyl (C=O) groups is 1. The van der Waals surface area contributed by atoms with Crippen molar-refractivity contribution >= 4 is 23.4 Å². The van der Waals surface area contributed by atoms with Crippen LogP contribution >= 0.6 is 11.8 Å². The maximum atomic E-state index is 12.3. The molecule has 1 amide bonds. The minimum Gasteiger partial charge on any atom is -0.323 e. The fourth-order valence-electron chi connectivity index (χ4n) is 2.25. The second kappa shape index (κ2) is 6.64. The quantitative estimate of drug-likeness (QED) is 0.870. The highest BCUT2D eigenvalue weighted by molar-refractivity contribution is 8.00. The summed E-state index contributed by atoms with van der Waals surface area (Å²) in [6.45, 7) is 3.77. The Labute approximate surface area is 125 Å². The summed E-state index contributed by atoms with van der Waals surface area (Å²) in [5.41, 5.74) is 0.364. The van der Waals surface area contributed by atoms with Crippen molar-refractivity contribution in [2.75, 3.05) is 12.4 Å². The molecule has 2 N–H and O–H groups in total. The topological polar surface area (TPSA) is 41.1 Å². The van der Waals surface area contributed by atoms with Crippen molar-refractivity contribution in [3.05, 3.63) is 24.3 Å². The summed E-state index contributed by atoms with van der Waals surface area (Å²) >= 11 is 1.90. The first kappa shape index (κ1) is 15.4. The van der Waals surface area contributed by atoms with Crippen LogP contribution in [0.5, 0.6) is 0 Å². The molecule has 2 rings (SSSR count). The summed E-state index contributed by atoms with van der Waals surface area (Å²) in [7, 11) is 1.80. The third kappa shape index (κ3) is 3.76. The van der Waals surface area contributed by atoms with Crippen molar-refractivity contribution in [2.45, 2.75) is 55.2 Å². The molecule has 1 aromatic carbocycles. The lowest BCUT2D eigenvalue weighted by atomic mass is 10.1. The maximum Gasteiger partial charge on any atom is 0.244 e. The van der Waals surface area contributed by atoms with E-state index in [-0.39, 0.29) is 5.91 Å². The molecule has 1 aliphatic rings. The molecule has 0 aromatic heterocycles. The molecule has 0 saturated heterocycles. The third-order valence-corrected chi connectivity index (χ3v) is 5.34. The number of carbonyl (C=O) groups excluding carboxylic acids is 1. The number of anilines is 1. The van der Waals surface area contributed by atoms with E-state index in [9.17, 15) is 4.79 Å². The van der Waals surface area contributed by atoms with Gasteiger partial charge in [-0.2, -0.15) is 0 Å². The summed E-state index contributed by atoms with van der Waals surface area (Å²) in [5.74, 6) is -0.000489. The number of amides is 1. The molecule has 0 bridgehead atoms. The van der Waals surface area contributed by atoms with Gasteiger partial charge in [0.25, 0.3) is 0 Å². The molecule has 4 heteroatoms.